The Hall–Kier alpha value is -3.75. The van der Waals surface area contributed by atoms with Crippen LogP contribution in [0.15, 0.2) is 97.2 Å². The number of rotatable bonds is 49. The zero-order valence-electron chi connectivity index (χ0n) is 45.0. The van der Waals surface area contributed by atoms with Gasteiger partial charge in [0.25, 0.3) is 0 Å². The van der Waals surface area contributed by atoms with Gasteiger partial charge in [0, 0.05) is 19.3 Å². The molecular formula is C61H104NO7+. The highest BCUT2D eigenvalue weighted by molar-refractivity contribution is 5.72. The van der Waals surface area contributed by atoms with E-state index in [4.69, 9.17) is 14.2 Å². The van der Waals surface area contributed by atoms with Crippen LogP contribution in [-0.2, 0) is 28.6 Å². The second-order valence-corrected chi connectivity index (χ2v) is 19.5. The van der Waals surface area contributed by atoms with Crippen LogP contribution < -0.4 is 0 Å². The SMILES string of the molecule is CC/C=C/C/C=C/C/C=C/C/C=C/C/C=C/CCCCCCCCCC(=O)OC(COCCC(C(=O)O)[N+](C)(C)C)COC(=O)CCCCCCCCCCC/C=C/C/C=C/C/C=C/CCCCC. The molecule has 0 aromatic rings. The van der Waals surface area contributed by atoms with Crippen molar-refractivity contribution in [1.82, 2.24) is 0 Å². The van der Waals surface area contributed by atoms with E-state index in [0.29, 0.717) is 19.3 Å². The monoisotopic (exact) mass is 963 g/mol. The van der Waals surface area contributed by atoms with Crippen molar-refractivity contribution in [3.05, 3.63) is 97.2 Å². The third kappa shape index (κ3) is 49.0. The van der Waals surface area contributed by atoms with Crippen molar-refractivity contribution in [2.75, 3.05) is 41.0 Å². The van der Waals surface area contributed by atoms with Gasteiger partial charge in [-0.2, -0.15) is 0 Å². The maximum atomic E-state index is 12.8. The fraction of sp³-hybridized carbons (Fsp3) is 0.689. The Morgan fingerprint density at radius 3 is 1.20 bits per heavy atom. The maximum Gasteiger partial charge on any atom is 0.362 e. The number of unbranched alkanes of at least 4 members (excludes halogenated alkanes) is 19. The molecule has 0 aliphatic carbocycles. The molecule has 0 saturated carbocycles. The van der Waals surface area contributed by atoms with E-state index in [0.717, 1.165) is 103 Å². The van der Waals surface area contributed by atoms with Crippen molar-refractivity contribution in [3.63, 3.8) is 0 Å². The third-order valence-corrected chi connectivity index (χ3v) is 12.0. The van der Waals surface area contributed by atoms with Crippen LogP contribution in [0.2, 0.25) is 0 Å². The zero-order valence-corrected chi connectivity index (χ0v) is 45.0. The van der Waals surface area contributed by atoms with Crippen molar-refractivity contribution >= 4 is 17.9 Å². The predicted octanol–water partition coefficient (Wildman–Crippen LogP) is 16.6. The van der Waals surface area contributed by atoms with Crippen LogP contribution >= 0.6 is 0 Å². The maximum absolute atomic E-state index is 12.8. The first-order valence-corrected chi connectivity index (χ1v) is 27.8. The van der Waals surface area contributed by atoms with E-state index in [1.165, 1.54) is 83.5 Å². The number of hydrogen-bond donors (Lipinski definition) is 1. The summed E-state index contributed by atoms with van der Waals surface area (Å²) in [5, 5.41) is 9.68. The fourth-order valence-corrected chi connectivity index (χ4v) is 7.71. The normalized spacial score (nSPS) is 13.6. The predicted molar refractivity (Wildman–Crippen MR) is 293 cm³/mol. The number of aliphatic carboxylic acids is 1. The van der Waals surface area contributed by atoms with Crippen LogP contribution in [0, 0.1) is 0 Å². The number of carboxylic acid groups (broad SMARTS) is 1. The number of carbonyl (C=O) groups is 3. The quantitative estimate of drug-likeness (QED) is 0.0281. The van der Waals surface area contributed by atoms with Gasteiger partial charge < -0.3 is 23.8 Å². The summed E-state index contributed by atoms with van der Waals surface area (Å²) in [6, 6.07) is -0.624. The third-order valence-electron chi connectivity index (χ3n) is 12.0. The Labute approximate surface area is 424 Å². The Morgan fingerprint density at radius 2 is 0.812 bits per heavy atom. The highest BCUT2D eigenvalue weighted by Crippen LogP contribution is 2.15. The van der Waals surface area contributed by atoms with Gasteiger partial charge in [-0.1, -0.05) is 201 Å². The lowest BCUT2D eigenvalue weighted by Gasteiger charge is -2.31. The van der Waals surface area contributed by atoms with Crippen LogP contribution in [0.1, 0.15) is 219 Å². The van der Waals surface area contributed by atoms with Gasteiger partial charge in [0.1, 0.15) is 6.61 Å². The molecule has 1 N–H and O–H groups in total. The number of carbonyl (C=O) groups excluding carboxylic acids is 2. The minimum atomic E-state index is -0.880. The van der Waals surface area contributed by atoms with Crippen LogP contribution in [-0.4, -0.2) is 80.6 Å². The molecule has 0 saturated heterocycles. The number of quaternary nitrogens is 1. The van der Waals surface area contributed by atoms with Gasteiger partial charge >= 0.3 is 17.9 Å². The first-order chi connectivity index (χ1) is 33.6. The summed E-state index contributed by atoms with van der Waals surface area (Å²) in [5.41, 5.74) is 0. The first kappa shape index (κ1) is 65.2. The van der Waals surface area contributed by atoms with E-state index in [1.54, 1.807) is 0 Å². The molecule has 0 amide bonds. The molecule has 0 spiro atoms. The molecule has 2 atom stereocenters. The standard InChI is InChI=1S/C61H103NO7/c1-6-8-10-12-14-16-18-20-22-24-26-28-30-32-34-36-38-40-42-44-46-48-50-52-60(64)69-57(55-67-54-53-58(61(65)66)62(3,4)5)56-68-59(63)51-49-47-45-43-41-39-37-35-33-31-29-27-25-23-21-19-17-15-13-11-9-7-2/h8,10,14-17,20-23,26-29,32,34,57-58H,6-7,9,11-13,18-19,24-25,30-31,33,35-56H2,1-5H3/p+1/b10-8+,16-14+,17-15+,22-20+,23-21+,28-26+,29-27+,34-32+. The van der Waals surface area contributed by atoms with Crippen molar-refractivity contribution in [3.8, 4) is 0 Å². The number of ether oxygens (including phenoxy) is 3. The number of nitrogens with zero attached hydrogens (tertiary/aromatic N) is 1. The Bertz CT molecular complexity index is 1450. The molecule has 2 unspecified atom stereocenters. The average molecular weight is 964 g/mol. The fourth-order valence-electron chi connectivity index (χ4n) is 7.71. The largest absolute Gasteiger partial charge is 0.477 e. The number of esters is 2. The molecule has 0 rings (SSSR count). The van der Waals surface area contributed by atoms with Crippen LogP contribution in [0.5, 0.6) is 0 Å². The molecule has 0 aliphatic heterocycles. The molecule has 0 aliphatic rings. The molecule has 69 heavy (non-hydrogen) atoms. The van der Waals surface area contributed by atoms with E-state index in [9.17, 15) is 19.5 Å². The zero-order chi connectivity index (χ0) is 50.6. The molecule has 0 fully saturated rings. The van der Waals surface area contributed by atoms with Gasteiger partial charge in [0.2, 0.25) is 0 Å². The Kier molecular flexibility index (Phi) is 47.9. The summed E-state index contributed by atoms with van der Waals surface area (Å²) in [4.78, 5) is 37.3. The van der Waals surface area contributed by atoms with E-state index < -0.39 is 18.1 Å². The summed E-state index contributed by atoms with van der Waals surface area (Å²) in [5.74, 6) is -1.49. The van der Waals surface area contributed by atoms with E-state index in [1.807, 2.05) is 21.1 Å². The van der Waals surface area contributed by atoms with Gasteiger partial charge in [-0.05, 0) is 96.3 Å². The molecule has 0 radical (unpaired) electrons. The number of allylic oxidation sites excluding steroid dienone is 16. The number of likely N-dealkylation sites (N-methyl/N-ethyl adjacent to an activating group) is 1. The lowest BCUT2D eigenvalue weighted by molar-refractivity contribution is -0.887. The Balaban J connectivity index is 4.26. The van der Waals surface area contributed by atoms with Crippen LogP contribution in [0.3, 0.4) is 0 Å². The molecular weight excluding hydrogens is 859 g/mol. The van der Waals surface area contributed by atoms with Crippen molar-refractivity contribution in [1.29, 1.82) is 0 Å². The van der Waals surface area contributed by atoms with Gasteiger partial charge in [0.15, 0.2) is 12.1 Å². The average Bonchev–Trinajstić information content (AvgIpc) is 3.31. The Morgan fingerprint density at radius 1 is 0.449 bits per heavy atom. The van der Waals surface area contributed by atoms with Gasteiger partial charge in [-0.3, -0.25) is 9.59 Å². The lowest BCUT2D eigenvalue weighted by Crippen LogP contribution is -2.50. The molecule has 8 heteroatoms. The molecule has 0 heterocycles. The highest BCUT2D eigenvalue weighted by atomic mass is 16.6. The summed E-state index contributed by atoms with van der Waals surface area (Å²) >= 11 is 0. The second-order valence-electron chi connectivity index (χ2n) is 19.5. The van der Waals surface area contributed by atoms with E-state index in [2.05, 4.69) is 111 Å². The lowest BCUT2D eigenvalue weighted by atomic mass is 10.1. The molecule has 0 aromatic heterocycles. The smallest absolute Gasteiger partial charge is 0.362 e. The number of hydrogen-bond acceptors (Lipinski definition) is 6. The number of carboxylic acids is 1. The van der Waals surface area contributed by atoms with Crippen molar-refractivity contribution in [2.24, 2.45) is 0 Å². The summed E-state index contributed by atoms with van der Waals surface area (Å²) in [6.07, 6.45) is 68.8. The summed E-state index contributed by atoms with van der Waals surface area (Å²) in [7, 11) is 5.53. The molecule has 8 nitrogen and oxygen atoms in total. The molecule has 394 valence electrons. The minimum Gasteiger partial charge on any atom is -0.477 e. The van der Waals surface area contributed by atoms with Crippen molar-refractivity contribution in [2.45, 2.75) is 231 Å². The van der Waals surface area contributed by atoms with Gasteiger partial charge in [0.05, 0.1) is 34.4 Å². The van der Waals surface area contributed by atoms with Gasteiger partial charge in [-0.25, -0.2) is 4.79 Å². The minimum absolute atomic E-state index is 0.0496. The summed E-state index contributed by atoms with van der Waals surface area (Å²) < 4.78 is 17.4. The van der Waals surface area contributed by atoms with Gasteiger partial charge in [-0.15, -0.1) is 0 Å². The molecule has 0 bridgehead atoms. The van der Waals surface area contributed by atoms with E-state index >= 15 is 0 Å². The molecule has 0 aromatic carbocycles. The topological polar surface area (TPSA) is 99.1 Å². The van der Waals surface area contributed by atoms with Crippen LogP contribution in [0.4, 0.5) is 0 Å². The van der Waals surface area contributed by atoms with E-state index in [-0.39, 0.29) is 36.2 Å². The summed E-state index contributed by atoms with van der Waals surface area (Å²) in [6.45, 7) is 4.59. The van der Waals surface area contributed by atoms with Crippen LogP contribution in [0.25, 0.3) is 0 Å². The highest BCUT2D eigenvalue weighted by Gasteiger charge is 2.31. The second kappa shape index (κ2) is 50.6. The first-order valence-electron chi connectivity index (χ1n) is 27.8. The van der Waals surface area contributed by atoms with Crippen molar-refractivity contribution < 1.29 is 38.2 Å².